The minimum absolute atomic E-state index is 0.0686. The van der Waals surface area contributed by atoms with E-state index in [1.54, 1.807) is 6.07 Å². The average Bonchev–Trinajstić information content (AvgIpc) is 3.21. The molecule has 0 radical (unpaired) electrons. The third-order valence-corrected chi connectivity index (χ3v) is 3.91. The molecule has 0 atom stereocenters. The van der Waals surface area contributed by atoms with Gasteiger partial charge < -0.3 is 5.73 Å². The molecule has 3 N–H and O–H groups in total. The molecule has 2 fully saturated rings. The monoisotopic (exact) mass is 261 g/mol. The van der Waals surface area contributed by atoms with Crippen LogP contribution in [0.3, 0.4) is 0 Å². The summed E-state index contributed by atoms with van der Waals surface area (Å²) < 4.78 is 13.6. The first-order valence-electron chi connectivity index (χ1n) is 7.00. The zero-order chi connectivity index (χ0) is 13.4. The van der Waals surface area contributed by atoms with Crippen LogP contribution in [0.1, 0.15) is 36.8 Å². The van der Waals surface area contributed by atoms with E-state index in [0.29, 0.717) is 11.6 Å². The van der Waals surface area contributed by atoms with Crippen molar-refractivity contribution in [2.24, 2.45) is 11.7 Å². The first-order valence-corrected chi connectivity index (χ1v) is 7.00. The average molecular weight is 261 g/mol. The van der Waals surface area contributed by atoms with E-state index >= 15 is 0 Å². The van der Waals surface area contributed by atoms with Gasteiger partial charge in [0, 0.05) is 24.7 Å². The second kappa shape index (κ2) is 4.93. The van der Waals surface area contributed by atoms with Crippen molar-refractivity contribution in [2.45, 2.75) is 38.3 Å². The maximum atomic E-state index is 13.6. The van der Waals surface area contributed by atoms with E-state index in [9.17, 15) is 4.39 Å². The van der Waals surface area contributed by atoms with Crippen LogP contribution in [0.15, 0.2) is 18.2 Å². The van der Waals surface area contributed by atoms with Crippen LogP contribution in [-0.2, 0) is 6.54 Å². The Labute approximate surface area is 113 Å². The summed E-state index contributed by atoms with van der Waals surface area (Å²) in [6.07, 6.45) is 5.21. The van der Waals surface area contributed by atoms with E-state index in [1.807, 2.05) is 6.07 Å². The second-order valence-corrected chi connectivity index (χ2v) is 5.87. The van der Waals surface area contributed by atoms with Crippen molar-refractivity contribution in [1.82, 2.24) is 4.90 Å². The Balaban J connectivity index is 1.74. The summed E-state index contributed by atoms with van der Waals surface area (Å²) >= 11 is 0. The van der Waals surface area contributed by atoms with Crippen LogP contribution in [-0.4, -0.2) is 23.3 Å². The number of nitrogens with zero attached hydrogens (tertiary/aromatic N) is 1. The molecule has 0 spiro atoms. The molecule has 19 heavy (non-hydrogen) atoms. The van der Waals surface area contributed by atoms with Crippen molar-refractivity contribution < 1.29 is 4.39 Å². The van der Waals surface area contributed by atoms with E-state index in [-0.39, 0.29) is 11.7 Å². The van der Waals surface area contributed by atoms with Crippen molar-refractivity contribution in [1.29, 1.82) is 5.41 Å². The molecule has 0 saturated heterocycles. The van der Waals surface area contributed by atoms with Gasteiger partial charge in [-0.05, 0) is 55.4 Å². The van der Waals surface area contributed by atoms with Gasteiger partial charge in [0.25, 0.3) is 0 Å². The summed E-state index contributed by atoms with van der Waals surface area (Å²) in [7, 11) is 0. The van der Waals surface area contributed by atoms with Gasteiger partial charge in [-0.2, -0.15) is 0 Å². The Morgan fingerprint density at radius 2 is 2.00 bits per heavy atom. The lowest BCUT2D eigenvalue weighted by Gasteiger charge is -2.22. The Kier molecular flexibility index (Phi) is 3.27. The van der Waals surface area contributed by atoms with Gasteiger partial charge in [0.05, 0.1) is 0 Å². The number of amidine groups is 1. The fourth-order valence-corrected chi connectivity index (χ4v) is 2.55. The zero-order valence-corrected chi connectivity index (χ0v) is 11.0. The van der Waals surface area contributed by atoms with Gasteiger partial charge in [-0.1, -0.05) is 0 Å². The number of hydrogen-bond donors (Lipinski definition) is 2. The van der Waals surface area contributed by atoms with Gasteiger partial charge in [-0.25, -0.2) is 4.39 Å². The predicted molar refractivity (Wildman–Crippen MR) is 73.6 cm³/mol. The molecule has 3 nitrogen and oxygen atoms in total. The van der Waals surface area contributed by atoms with Crippen molar-refractivity contribution in [2.75, 3.05) is 6.54 Å². The Bertz CT molecular complexity index is 492. The van der Waals surface area contributed by atoms with Crippen molar-refractivity contribution in [3.63, 3.8) is 0 Å². The van der Waals surface area contributed by atoms with Crippen molar-refractivity contribution in [3.05, 3.63) is 35.1 Å². The van der Waals surface area contributed by atoms with Gasteiger partial charge in [-0.3, -0.25) is 10.3 Å². The Hall–Kier alpha value is -1.42. The molecular formula is C15H20FN3. The molecule has 0 bridgehead atoms. The van der Waals surface area contributed by atoms with Crippen LogP contribution in [0, 0.1) is 17.1 Å². The lowest BCUT2D eigenvalue weighted by molar-refractivity contribution is 0.244. The fraction of sp³-hybridized carbons (Fsp3) is 0.533. The normalized spacial score (nSPS) is 18.8. The molecule has 0 amide bonds. The van der Waals surface area contributed by atoms with E-state index in [4.69, 9.17) is 11.1 Å². The van der Waals surface area contributed by atoms with E-state index in [2.05, 4.69) is 4.90 Å². The van der Waals surface area contributed by atoms with Crippen LogP contribution in [0.2, 0.25) is 0 Å². The minimum Gasteiger partial charge on any atom is -0.384 e. The molecule has 0 unspecified atom stereocenters. The van der Waals surface area contributed by atoms with Gasteiger partial charge in [0.2, 0.25) is 0 Å². The molecule has 2 saturated carbocycles. The highest BCUT2D eigenvalue weighted by atomic mass is 19.1. The summed E-state index contributed by atoms with van der Waals surface area (Å²) in [4.78, 5) is 2.47. The summed E-state index contributed by atoms with van der Waals surface area (Å²) in [6, 6.07) is 5.42. The number of halogens is 1. The summed E-state index contributed by atoms with van der Waals surface area (Å²) in [6.45, 7) is 1.91. The third-order valence-electron chi connectivity index (χ3n) is 3.91. The Morgan fingerprint density at radius 3 is 2.58 bits per heavy atom. The number of hydrogen-bond acceptors (Lipinski definition) is 2. The molecule has 0 aromatic heterocycles. The third kappa shape index (κ3) is 3.32. The maximum Gasteiger partial charge on any atom is 0.124 e. The molecule has 0 aliphatic heterocycles. The summed E-state index contributed by atoms with van der Waals surface area (Å²) in [5.74, 6) is 0.479. The first kappa shape index (κ1) is 12.6. The minimum atomic E-state index is -0.301. The molecular weight excluding hydrogens is 241 g/mol. The molecule has 0 heterocycles. The zero-order valence-electron chi connectivity index (χ0n) is 11.0. The van der Waals surface area contributed by atoms with Crippen LogP contribution >= 0.6 is 0 Å². The van der Waals surface area contributed by atoms with Gasteiger partial charge in [0.15, 0.2) is 0 Å². The van der Waals surface area contributed by atoms with Gasteiger partial charge >= 0.3 is 0 Å². The molecule has 1 aromatic carbocycles. The quantitative estimate of drug-likeness (QED) is 0.610. The molecule has 3 rings (SSSR count). The number of benzene rings is 1. The summed E-state index contributed by atoms with van der Waals surface area (Å²) in [5, 5.41) is 7.43. The molecule has 2 aliphatic rings. The van der Waals surface area contributed by atoms with Gasteiger partial charge in [0.1, 0.15) is 11.7 Å². The summed E-state index contributed by atoms with van der Waals surface area (Å²) in [5.41, 5.74) is 6.86. The number of rotatable bonds is 6. The van der Waals surface area contributed by atoms with E-state index in [0.717, 1.165) is 24.6 Å². The van der Waals surface area contributed by atoms with Crippen molar-refractivity contribution >= 4 is 5.84 Å². The van der Waals surface area contributed by atoms with Crippen LogP contribution in [0.4, 0.5) is 4.39 Å². The number of nitrogen functional groups attached to an aromatic ring is 1. The fourth-order valence-electron chi connectivity index (χ4n) is 2.55. The van der Waals surface area contributed by atoms with Crippen LogP contribution in [0.5, 0.6) is 0 Å². The van der Waals surface area contributed by atoms with E-state index < -0.39 is 0 Å². The lowest BCUT2D eigenvalue weighted by atomic mass is 10.1. The number of nitrogens with two attached hydrogens (primary N) is 1. The highest BCUT2D eigenvalue weighted by Crippen LogP contribution is 2.35. The molecule has 2 aliphatic carbocycles. The second-order valence-electron chi connectivity index (χ2n) is 5.87. The largest absolute Gasteiger partial charge is 0.384 e. The smallest absolute Gasteiger partial charge is 0.124 e. The Morgan fingerprint density at radius 1 is 1.26 bits per heavy atom. The molecule has 1 aromatic rings. The molecule has 4 heteroatoms. The maximum absolute atomic E-state index is 13.6. The topological polar surface area (TPSA) is 53.1 Å². The highest BCUT2D eigenvalue weighted by molar-refractivity contribution is 5.95. The predicted octanol–water partition coefficient (Wildman–Crippen LogP) is 2.48. The van der Waals surface area contributed by atoms with Gasteiger partial charge in [-0.15, -0.1) is 0 Å². The van der Waals surface area contributed by atoms with E-state index in [1.165, 1.54) is 31.7 Å². The lowest BCUT2D eigenvalue weighted by Crippen LogP contribution is -2.28. The SMILES string of the molecule is N=C(N)c1cc(F)cc(CN(CC2CC2)C2CC2)c1. The van der Waals surface area contributed by atoms with Crippen LogP contribution < -0.4 is 5.73 Å². The van der Waals surface area contributed by atoms with Crippen molar-refractivity contribution in [3.8, 4) is 0 Å². The molecule has 102 valence electrons. The highest BCUT2D eigenvalue weighted by Gasteiger charge is 2.33. The van der Waals surface area contributed by atoms with Crippen LogP contribution in [0.25, 0.3) is 0 Å². The number of nitrogens with one attached hydrogen (secondary N) is 1. The standard InChI is InChI=1S/C15H20FN3/c16-13-6-11(5-12(7-13)15(17)18)9-19(14-3-4-14)8-10-1-2-10/h5-7,10,14H,1-4,8-9H2,(H3,17,18). The first-order chi connectivity index (χ1) is 9.11.